The first-order valence-corrected chi connectivity index (χ1v) is 11.6. The fourth-order valence-corrected chi connectivity index (χ4v) is 2.80. The van der Waals surface area contributed by atoms with Crippen LogP contribution in [0.15, 0.2) is 24.3 Å². The van der Waals surface area contributed by atoms with Crippen molar-refractivity contribution in [2.75, 3.05) is 6.61 Å². The van der Waals surface area contributed by atoms with E-state index in [1.165, 1.54) is 0 Å². The normalized spacial score (nSPS) is 13.5. The predicted molar refractivity (Wildman–Crippen MR) is 99.8 cm³/mol. The van der Waals surface area contributed by atoms with Gasteiger partial charge in [0.15, 0.2) is 14.4 Å². The van der Waals surface area contributed by atoms with Gasteiger partial charge in [-0.3, -0.25) is 0 Å². The largest absolute Gasteiger partial charge is 0.479 e. The number of carbonyl (C=O) groups excluding carboxylic acids is 1. The first-order valence-electron chi connectivity index (χ1n) is 8.67. The van der Waals surface area contributed by atoms with E-state index >= 15 is 0 Å². The summed E-state index contributed by atoms with van der Waals surface area (Å²) in [5, 5.41) is 0.198. The van der Waals surface area contributed by atoms with E-state index in [0.29, 0.717) is 25.4 Å². The second-order valence-electron chi connectivity index (χ2n) is 7.46. The summed E-state index contributed by atoms with van der Waals surface area (Å²) in [5.74, 6) is 0.358. The molecule has 136 valence electrons. The molecule has 1 aromatic carbocycles. The lowest BCUT2D eigenvalue weighted by Crippen LogP contribution is -2.40. The number of benzene rings is 1. The third-order valence-corrected chi connectivity index (χ3v) is 9.01. The quantitative estimate of drug-likeness (QED) is 0.491. The van der Waals surface area contributed by atoms with Gasteiger partial charge in [-0.25, -0.2) is 4.79 Å². The third-order valence-electron chi connectivity index (χ3n) is 4.53. The van der Waals surface area contributed by atoms with E-state index in [2.05, 4.69) is 33.9 Å². The van der Waals surface area contributed by atoms with Crippen molar-refractivity contribution in [3.63, 3.8) is 0 Å². The molecule has 1 atom stereocenters. The van der Waals surface area contributed by atoms with Gasteiger partial charge in [0.25, 0.3) is 0 Å². The molecule has 0 saturated carbocycles. The molecule has 0 spiro atoms. The number of esters is 1. The van der Waals surface area contributed by atoms with Crippen molar-refractivity contribution in [3.05, 3.63) is 29.8 Å². The van der Waals surface area contributed by atoms with Gasteiger partial charge in [0, 0.05) is 0 Å². The Bertz CT molecular complexity index is 517. The smallest absolute Gasteiger partial charge is 0.347 e. The summed E-state index contributed by atoms with van der Waals surface area (Å²) in [4.78, 5) is 11.8. The van der Waals surface area contributed by atoms with Gasteiger partial charge >= 0.3 is 5.97 Å². The summed E-state index contributed by atoms with van der Waals surface area (Å²) in [5.41, 5.74) is 1.11. The van der Waals surface area contributed by atoms with E-state index in [0.717, 1.165) is 5.56 Å². The Labute approximate surface area is 147 Å². The molecule has 0 aromatic heterocycles. The fourth-order valence-electron chi connectivity index (χ4n) is 1.84. The monoisotopic (exact) mass is 352 g/mol. The molecule has 1 rings (SSSR count). The van der Waals surface area contributed by atoms with Gasteiger partial charge in [0.2, 0.25) is 0 Å². The van der Waals surface area contributed by atoms with Crippen molar-refractivity contribution in [2.45, 2.75) is 71.9 Å². The average molecular weight is 353 g/mol. The number of hydrogen-bond acceptors (Lipinski definition) is 4. The molecule has 0 fully saturated rings. The Morgan fingerprint density at radius 3 is 2.17 bits per heavy atom. The second kappa shape index (κ2) is 8.67. The van der Waals surface area contributed by atoms with Crippen LogP contribution in [0, 0.1) is 0 Å². The zero-order chi connectivity index (χ0) is 18.4. The van der Waals surface area contributed by atoms with Crippen molar-refractivity contribution in [3.8, 4) is 5.75 Å². The molecule has 0 aliphatic rings. The Hall–Kier alpha value is -1.33. The molecule has 1 unspecified atom stereocenters. The summed E-state index contributed by atoms with van der Waals surface area (Å²) < 4.78 is 17.0. The first kappa shape index (κ1) is 20.7. The Morgan fingerprint density at radius 1 is 1.12 bits per heavy atom. The van der Waals surface area contributed by atoms with Crippen LogP contribution in [0.5, 0.6) is 5.75 Å². The molecular formula is C19H32O4Si. The maximum absolute atomic E-state index is 11.8. The molecule has 0 bridgehead atoms. The van der Waals surface area contributed by atoms with Gasteiger partial charge in [-0.2, -0.15) is 0 Å². The standard InChI is InChI=1S/C19H32O4Si/c1-8-17(18(20)21-9-2)23-16-12-10-15(11-13-16)14-22-24(6,7)19(3,4)5/h10-13,17H,8-9,14H2,1-7H3. The molecule has 4 nitrogen and oxygen atoms in total. The summed E-state index contributed by atoms with van der Waals surface area (Å²) in [6.45, 7) is 15.9. The van der Waals surface area contributed by atoms with Crippen LogP contribution in [0.4, 0.5) is 0 Å². The molecule has 0 aliphatic carbocycles. The van der Waals surface area contributed by atoms with Gasteiger partial charge in [0.1, 0.15) is 5.75 Å². The highest BCUT2D eigenvalue weighted by atomic mass is 28.4. The second-order valence-corrected chi connectivity index (χ2v) is 12.3. The molecule has 0 heterocycles. The lowest BCUT2D eigenvalue weighted by atomic mass is 10.2. The van der Waals surface area contributed by atoms with Gasteiger partial charge in [-0.1, -0.05) is 39.8 Å². The molecule has 0 amide bonds. The van der Waals surface area contributed by atoms with E-state index in [9.17, 15) is 4.79 Å². The molecular weight excluding hydrogens is 320 g/mol. The zero-order valence-corrected chi connectivity index (χ0v) is 17.1. The predicted octanol–water partition coefficient (Wildman–Crippen LogP) is 4.93. The minimum atomic E-state index is -1.75. The number of rotatable bonds is 8. The van der Waals surface area contributed by atoms with Crippen molar-refractivity contribution in [2.24, 2.45) is 0 Å². The molecule has 0 saturated heterocycles. The summed E-state index contributed by atoms with van der Waals surface area (Å²) in [7, 11) is -1.75. The Balaban J connectivity index is 2.64. The van der Waals surface area contributed by atoms with Crippen molar-refractivity contribution < 1.29 is 18.7 Å². The maximum Gasteiger partial charge on any atom is 0.347 e. The van der Waals surface area contributed by atoms with Gasteiger partial charge in [0.05, 0.1) is 13.2 Å². The van der Waals surface area contributed by atoms with Gasteiger partial charge < -0.3 is 13.9 Å². The SMILES string of the molecule is CCOC(=O)C(CC)Oc1ccc(CO[Si](C)(C)C(C)(C)C)cc1. The summed E-state index contributed by atoms with van der Waals surface area (Å²) in [6, 6.07) is 7.74. The lowest BCUT2D eigenvalue weighted by molar-refractivity contribution is -0.151. The fraction of sp³-hybridized carbons (Fsp3) is 0.632. The van der Waals surface area contributed by atoms with Crippen molar-refractivity contribution in [1.82, 2.24) is 0 Å². The van der Waals surface area contributed by atoms with Crippen LogP contribution in [0.25, 0.3) is 0 Å². The van der Waals surface area contributed by atoms with Crippen molar-refractivity contribution >= 4 is 14.3 Å². The summed E-state index contributed by atoms with van der Waals surface area (Å²) >= 11 is 0. The molecule has 24 heavy (non-hydrogen) atoms. The number of ether oxygens (including phenoxy) is 2. The minimum Gasteiger partial charge on any atom is -0.479 e. The number of carbonyl (C=O) groups is 1. The summed E-state index contributed by atoms with van der Waals surface area (Å²) in [6.07, 6.45) is 0.0222. The molecule has 0 N–H and O–H groups in total. The zero-order valence-electron chi connectivity index (χ0n) is 16.1. The average Bonchev–Trinajstić information content (AvgIpc) is 2.51. The van der Waals surface area contributed by atoms with Crippen LogP contribution in [0.2, 0.25) is 18.1 Å². The lowest BCUT2D eigenvalue weighted by Gasteiger charge is -2.36. The third kappa shape index (κ3) is 5.95. The van der Waals surface area contributed by atoms with Crippen LogP contribution < -0.4 is 4.74 Å². The number of hydrogen-bond donors (Lipinski definition) is 0. The topological polar surface area (TPSA) is 44.8 Å². The maximum atomic E-state index is 11.8. The molecule has 5 heteroatoms. The minimum absolute atomic E-state index is 0.198. The molecule has 0 aliphatic heterocycles. The van der Waals surface area contributed by atoms with Gasteiger partial charge in [-0.15, -0.1) is 0 Å². The van der Waals surface area contributed by atoms with E-state index < -0.39 is 14.4 Å². The van der Waals surface area contributed by atoms with E-state index in [1.807, 2.05) is 31.2 Å². The highest BCUT2D eigenvalue weighted by Gasteiger charge is 2.37. The van der Waals surface area contributed by atoms with Crippen LogP contribution in [0.1, 0.15) is 46.6 Å². The molecule has 1 aromatic rings. The van der Waals surface area contributed by atoms with Crippen LogP contribution >= 0.6 is 0 Å². The van der Waals surface area contributed by atoms with E-state index in [4.69, 9.17) is 13.9 Å². The van der Waals surface area contributed by atoms with E-state index in [-0.39, 0.29) is 11.0 Å². The highest BCUT2D eigenvalue weighted by molar-refractivity contribution is 6.74. The van der Waals surface area contributed by atoms with Crippen LogP contribution in [0.3, 0.4) is 0 Å². The van der Waals surface area contributed by atoms with Crippen molar-refractivity contribution in [1.29, 1.82) is 0 Å². The first-order chi connectivity index (χ1) is 11.1. The van der Waals surface area contributed by atoms with Gasteiger partial charge in [-0.05, 0) is 49.2 Å². The highest BCUT2D eigenvalue weighted by Crippen LogP contribution is 2.37. The Morgan fingerprint density at radius 2 is 1.71 bits per heavy atom. The van der Waals surface area contributed by atoms with Crippen LogP contribution in [-0.4, -0.2) is 27.0 Å². The Kier molecular flexibility index (Phi) is 7.48. The molecule has 0 radical (unpaired) electrons. The van der Waals surface area contributed by atoms with Crippen LogP contribution in [-0.2, 0) is 20.6 Å². The van der Waals surface area contributed by atoms with E-state index in [1.54, 1.807) is 6.92 Å².